The Bertz CT molecular complexity index is 552. The Balaban J connectivity index is 2.00. The molecule has 1 saturated heterocycles. The van der Waals surface area contributed by atoms with Crippen molar-refractivity contribution in [2.45, 2.75) is 31.7 Å². The van der Waals surface area contributed by atoms with Gasteiger partial charge in [-0.2, -0.15) is 0 Å². The summed E-state index contributed by atoms with van der Waals surface area (Å²) < 4.78 is 55.4. The van der Waals surface area contributed by atoms with Gasteiger partial charge >= 0.3 is 0 Å². The molecule has 8 heteroatoms. The average molecular weight is 320 g/mol. The first-order valence-electron chi connectivity index (χ1n) is 6.70. The SMILES string of the molecule is Cc1ccc(NC(=O)C2CC(F)(F)CN2)cc1OCC(F)F. The number of hydrogen-bond acceptors (Lipinski definition) is 3. The highest BCUT2D eigenvalue weighted by molar-refractivity contribution is 5.95. The summed E-state index contributed by atoms with van der Waals surface area (Å²) in [5, 5.41) is 4.92. The molecule has 1 aliphatic rings. The first-order chi connectivity index (χ1) is 10.3. The fourth-order valence-corrected chi connectivity index (χ4v) is 2.12. The quantitative estimate of drug-likeness (QED) is 0.820. The van der Waals surface area contributed by atoms with E-state index in [0.717, 1.165) is 0 Å². The lowest BCUT2D eigenvalue weighted by atomic mass is 10.1. The zero-order valence-corrected chi connectivity index (χ0v) is 11.8. The fourth-order valence-electron chi connectivity index (χ4n) is 2.12. The van der Waals surface area contributed by atoms with Gasteiger partial charge in [0, 0.05) is 18.2 Å². The molecule has 0 radical (unpaired) electrons. The van der Waals surface area contributed by atoms with Crippen LogP contribution in [0.2, 0.25) is 0 Å². The smallest absolute Gasteiger partial charge is 0.272 e. The van der Waals surface area contributed by atoms with Crippen molar-refractivity contribution in [2.75, 3.05) is 18.5 Å². The lowest BCUT2D eigenvalue weighted by Gasteiger charge is -2.14. The fraction of sp³-hybridized carbons (Fsp3) is 0.500. The van der Waals surface area contributed by atoms with Crippen LogP contribution in [0.3, 0.4) is 0 Å². The number of benzene rings is 1. The number of alkyl halides is 4. The molecule has 1 fully saturated rings. The third-order valence-corrected chi connectivity index (χ3v) is 3.25. The van der Waals surface area contributed by atoms with Crippen LogP contribution in [0, 0.1) is 6.92 Å². The second-order valence-electron chi connectivity index (χ2n) is 5.17. The Morgan fingerprint density at radius 3 is 2.82 bits per heavy atom. The van der Waals surface area contributed by atoms with E-state index in [-0.39, 0.29) is 5.75 Å². The highest BCUT2D eigenvalue weighted by atomic mass is 19.3. The van der Waals surface area contributed by atoms with Crippen LogP contribution in [0.1, 0.15) is 12.0 Å². The lowest BCUT2D eigenvalue weighted by molar-refractivity contribution is -0.118. The molecule has 1 amide bonds. The predicted octanol–water partition coefficient (Wildman–Crippen LogP) is 2.57. The summed E-state index contributed by atoms with van der Waals surface area (Å²) >= 11 is 0. The summed E-state index contributed by atoms with van der Waals surface area (Å²) in [6.07, 6.45) is -3.18. The van der Waals surface area contributed by atoms with E-state index in [9.17, 15) is 22.4 Å². The minimum Gasteiger partial charge on any atom is -0.487 e. The number of aryl methyl sites for hydroxylation is 1. The summed E-state index contributed by atoms with van der Waals surface area (Å²) in [5.41, 5.74) is 0.932. The molecule has 1 heterocycles. The van der Waals surface area contributed by atoms with Gasteiger partial charge in [-0.3, -0.25) is 10.1 Å². The second kappa shape index (κ2) is 6.51. The maximum absolute atomic E-state index is 13.1. The van der Waals surface area contributed by atoms with Crippen LogP contribution in [0.4, 0.5) is 23.2 Å². The van der Waals surface area contributed by atoms with Gasteiger partial charge in [0.05, 0.1) is 12.6 Å². The Labute approximate surface area is 124 Å². The standard InChI is InChI=1S/C14H16F4N2O2/c1-8-2-3-9(4-11(8)22-6-12(15)16)20-13(21)10-5-14(17,18)7-19-10/h2-4,10,12,19H,5-7H2,1H3,(H,20,21). The number of halogens is 4. The molecule has 1 aromatic rings. The van der Waals surface area contributed by atoms with Crippen LogP contribution in [0.25, 0.3) is 0 Å². The monoisotopic (exact) mass is 320 g/mol. The number of hydrogen-bond donors (Lipinski definition) is 2. The van der Waals surface area contributed by atoms with Crippen molar-refractivity contribution in [1.29, 1.82) is 0 Å². The predicted molar refractivity (Wildman–Crippen MR) is 72.7 cm³/mol. The number of carbonyl (C=O) groups is 1. The van der Waals surface area contributed by atoms with Crippen molar-refractivity contribution in [3.8, 4) is 5.75 Å². The van der Waals surface area contributed by atoms with Crippen molar-refractivity contribution in [3.63, 3.8) is 0 Å². The van der Waals surface area contributed by atoms with E-state index in [1.807, 2.05) is 0 Å². The Morgan fingerprint density at radius 1 is 1.50 bits per heavy atom. The van der Waals surface area contributed by atoms with E-state index >= 15 is 0 Å². The van der Waals surface area contributed by atoms with E-state index in [2.05, 4.69) is 10.6 Å². The van der Waals surface area contributed by atoms with Gasteiger partial charge in [-0.15, -0.1) is 0 Å². The van der Waals surface area contributed by atoms with Crippen molar-refractivity contribution >= 4 is 11.6 Å². The summed E-state index contributed by atoms with van der Waals surface area (Å²) in [4.78, 5) is 11.9. The molecule has 4 nitrogen and oxygen atoms in total. The van der Waals surface area contributed by atoms with Gasteiger partial charge in [0.15, 0.2) is 0 Å². The molecule has 1 unspecified atom stereocenters. The van der Waals surface area contributed by atoms with Gasteiger partial charge in [0.25, 0.3) is 12.3 Å². The molecule has 2 N–H and O–H groups in total. The van der Waals surface area contributed by atoms with Gasteiger partial charge in [-0.25, -0.2) is 17.6 Å². The molecule has 122 valence electrons. The minimum absolute atomic E-state index is 0.211. The number of nitrogens with one attached hydrogen (secondary N) is 2. The molecular weight excluding hydrogens is 304 g/mol. The van der Waals surface area contributed by atoms with Gasteiger partial charge in [0.1, 0.15) is 12.4 Å². The van der Waals surface area contributed by atoms with Gasteiger partial charge < -0.3 is 10.1 Å². The Kier molecular flexibility index (Phi) is 4.90. The van der Waals surface area contributed by atoms with Crippen molar-refractivity contribution in [2.24, 2.45) is 0 Å². The summed E-state index contributed by atoms with van der Waals surface area (Å²) in [7, 11) is 0. The number of rotatable bonds is 5. The Morgan fingerprint density at radius 2 is 2.23 bits per heavy atom. The normalized spacial score (nSPS) is 20.2. The number of carbonyl (C=O) groups excluding carboxylic acids is 1. The van der Waals surface area contributed by atoms with E-state index in [4.69, 9.17) is 4.74 Å². The molecule has 1 aliphatic heterocycles. The first kappa shape index (κ1) is 16.5. The summed E-state index contributed by atoms with van der Waals surface area (Å²) in [5.74, 6) is -3.29. The lowest BCUT2D eigenvalue weighted by Crippen LogP contribution is -2.35. The van der Waals surface area contributed by atoms with Gasteiger partial charge in [0.2, 0.25) is 5.91 Å². The number of ether oxygens (including phenoxy) is 1. The third-order valence-electron chi connectivity index (χ3n) is 3.25. The molecule has 1 aromatic carbocycles. The maximum Gasteiger partial charge on any atom is 0.272 e. The van der Waals surface area contributed by atoms with Crippen LogP contribution >= 0.6 is 0 Å². The van der Waals surface area contributed by atoms with Crippen molar-refractivity contribution in [1.82, 2.24) is 5.32 Å². The molecule has 0 aliphatic carbocycles. The molecular formula is C14H16F4N2O2. The minimum atomic E-state index is -2.90. The van der Waals surface area contributed by atoms with Gasteiger partial charge in [-0.05, 0) is 18.6 Å². The molecule has 22 heavy (non-hydrogen) atoms. The van der Waals surface area contributed by atoms with Crippen LogP contribution in [0.15, 0.2) is 18.2 Å². The van der Waals surface area contributed by atoms with Crippen molar-refractivity contribution in [3.05, 3.63) is 23.8 Å². The Hall–Kier alpha value is -1.83. The van der Waals surface area contributed by atoms with E-state index in [1.54, 1.807) is 19.1 Å². The highest BCUT2D eigenvalue weighted by Crippen LogP contribution is 2.27. The zero-order chi connectivity index (χ0) is 16.3. The number of amides is 1. The number of anilines is 1. The third kappa shape index (κ3) is 4.33. The molecule has 2 rings (SSSR count). The van der Waals surface area contributed by atoms with Crippen LogP contribution < -0.4 is 15.4 Å². The molecule has 1 atom stereocenters. The largest absolute Gasteiger partial charge is 0.487 e. The van der Waals surface area contributed by atoms with Crippen LogP contribution in [-0.2, 0) is 4.79 Å². The average Bonchev–Trinajstić information content (AvgIpc) is 2.79. The van der Waals surface area contributed by atoms with Gasteiger partial charge in [-0.1, -0.05) is 6.07 Å². The molecule has 0 aromatic heterocycles. The molecule has 0 bridgehead atoms. The van der Waals surface area contributed by atoms with Crippen molar-refractivity contribution < 1.29 is 27.1 Å². The highest BCUT2D eigenvalue weighted by Gasteiger charge is 2.42. The maximum atomic E-state index is 13.1. The second-order valence-corrected chi connectivity index (χ2v) is 5.17. The van der Waals surface area contributed by atoms with E-state index in [1.165, 1.54) is 6.07 Å². The topological polar surface area (TPSA) is 50.4 Å². The summed E-state index contributed by atoms with van der Waals surface area (Å²) in [6.45, 7) is 0.377. The first-order valence-corrected chi connectivity index (χ1v) is 6.70. The zero-order valence-electron chi connectivity index (χ0n) is 11.8. The van der Waals surface area contributed by atoms with E-state index in [0.29, 0.717) is 11.3 Å². The van der Waals surface area contributed by atoms with Crippen LogP contribution in [-0.4, -0.2) is 37.4 Å². The molecule has 0 spiro atoms. The van der Waals surface area contributed by atoms with Crippen LogP contribution in [0.5, 0.6) is 5.75 Å². The van der Waals surface area contributed by atoms with E-state index < -0.39 is 43.9 Å². The molecule has 0 saturated carbocycles. The summed E-state index contributed by atoms with van der Waals surface area (Å²) in [6, 6.07) is 3.55.